The van der Waals surface area contributed by atoms with Crippen LogP contribution in [0.3, 0.4) is 0 Å². The van der Waals surface area contributed by atoms with Crippen molar-refractivity contribution in [2.75, 3.05) is 18.9 Å². The molecule has 8 nitrogen and oxygen atoms in total. The molecular weight excluding hydrogens is 326 g/mol. The lowest BCUT2D eigenvalue weighted by molar-refractivity contribution is -0.184. The van der Waals surface area contributed by atoms with E-state index < -0.39 is 39.6 Å². The number of carboxylic acid groups (broad SMARTS) is 1. The zero-order chi connectivity index (χ0) is 18.5. The van der Waals surface area contributed by atoms with E-state index in [4.69, 9.17) is 4.18 Å². The Morgan fingerprint density at radius 2 is 1.78 bits per heavy atom. The maximum atomic E-state index is 11.8. The van der Waals surface area contributed by atoms with E-state index in [0.29, 0.717) is 0 Å². The molecule has 9 heteroatoms. The molecule has 23 heavy (non-hydrogen) atoms. The Balaban J connectivity index is 4.79. The second-order valence-corrected chi connectivity index (χ2v) is 8.23. The summed E-state index contributed by atoms with van der Waals surface area (Å²) in [5.74, 6) is -2.63. The van der Waals surface area contributed by atoms with Crippen LogP contribution in [-0.4, -0.2) is 55.0 Å². The van der Waals surface area contributed by atoms with Gasteiger partial charge in [0.15, 0.2) is 5.60 Å². The third-order valence-corrected chi connectivity index (χ3v) is 5.00. The van der Waals surface area contributed by atoms with Crippen LogP contribution in [0, 0.1) is 11.3 Å². The van der Waals surface area contributed by atoms with Crippen molar-refractivity contribution >= 4 is 22.0 Å². The van der Waals surface area contributed by atoms with Crippen LogP contribution in [0.25, 0.3) is 0 Å². The van der Waals surface area contributed by atoms with Gasteiger partial charge in [0.25, 0.3) is 10.1 Å². The number of hydrogen-bond acceptors (Lipinski definition) is 6. The van der Waals surface area contributed by atoms with Gasteiger partial charge in [-0.15, -0.1) is 0 Å². The number of aliphatic carboxylic acids is 1. The van der Waals surface area contributed by atoms with Crippen molar-refractivity contribution in [3.05, 3.63) is 0 Å². The zero-order valence-electron chi connectivity index (χ0n) is 14.2. The van der Waals surface area contributed by atoms with E-state index in [2.05, 4.69) is 5.32 Å². The molecule has 0 aromatic rings. The number of amides is 1. The molecule has 3 N–H and O–H groups in total. The Kier molecular flexibility index (Phi) is 7.65. The molecule has 0 bridgehead atoms. The van der Waals surface area contributed by atoms with Gasteiger partial charge in [0.1, 0.15) is 0 Å². The van der Waals surface area contributed by atoms with Gasteiger partial charge in [-0.05, 0) is 12.3 Å². The fraction of sp³-hybridized carbons (Fsp3) is 0.857. The highest BCUT2D eigenvalue weighted by Crippen LogP contribution is 2.38. The highest BCUT2D eigenvalue weighted by Gasteiger charge is 2.53. The number of aliphatic hydroxyl groups is 1. The molecule has 1 atom stereocenters. The Morgan fingerprint density at radius 3 is 2.17 bits per heavy atom. The average Bonchev–Trinajstić information content (AvgIpc) is 2.40. The molecule has 0 aliphatic heterocycles. The van der Waals surface area contributed by atoms with E-state index in [1.54, 1.807) is 0 Å². The lowest BCUT2D eigenvalue weighted by atomic mass is 9.69. The smallest absolute Gasteiger partial charge is 0.336 e. The average molecular weight is 353 g/mol. The molecule has 0 heterocycles. The molecule has 0 saturated heterocycles. The van der Waals surface area contributed by atoms with E-state index in [-0.39, 0.29) is 24.6 Å². The molecule has 1 amide bonds. The molecule has 0 fully saturated rings. The number of hydrogen-bond donors (Lipinski definition) is 3. The third kappa shape index (κ3) is 6.08. The summed E-state index contributed by atoms with van der Waals surface area (Å²) in [6.45, 7) is 7.02. The normalized spacial score (nSPS) is 15.3. The first-order valence-electron chi connectivity index (χ1n) is 7.33. The van der Waals surface area contributed by atoms with Crippen molar-refractivity contribution < 1.29 is 32.4 Å². The summed E-state index contributed by atoms with van der Waals surface area (Å²) < 4.78 is 28.5. The van der Waals surface area contributed by atoms with Gasteiger partial charge >= 0.3 is 5.97 Å². The molecule has 0 saturated carbocycles. The highest BCUT2D eigenvalue weighted by atomic mass is 32.2. The first-order valence-corrected chi connectivity index (χ1v) is 8.91. The quantitative estimate of drug-likeness (QED) is 0.382. The van der Waals surface area contributed by atoms with Gasteiger partial charge in [-0.1, -0.05) is 27.7 Å². The standard InChI is InChI=1S/C14H27NO7S/c1-10(2)14(19,12(17)18)13(4,5)9-22-23(20,21)8-6-7-15-11(3)16/h10,19H,6-9H2,1-5H3,(H,15,16)(H,17,18)/t14-/m0/s1. The van der Waals surface area contributed by atoms with Gasteiger partial charge in [-0.25, -0.2) is 4.79 Å². The summed E-state index contributed by atoms with van der Waals surface area (Å²) in [6, 6.07) is 0. The number of rotatable bonds is 10. The fourth-order valence-corrected chi connectivity index (χ4v) is 3.33. The predicted octanol–water partition coefficient (Wildman–Crippen LogP) is 0.357. The van der Waals surface area contributed by atoms with Crippen molar-refractivity contribution in [2.24, 2.45) is 11.3 Å². The van der Waals surface area contributed by atoms with E-state index >= 15 is 0 Å². The maximum Gasteiger partial charge on any atom is 0.336 e. The third-order valence-electron chi connectivity index (χ3n) is 3.74. The zero-order valence-corrected chi connectivity index (χ0v) is 15.1. The summed E-state index contributed by atoms with van der Waals surface area (Å²) in [4.78, 5) is 22.1. The minimum Gasteiger partial charge on any atom is -0.479 e. The maximum absolute atomic E-state index is 11.8. The van der Waals surface area contributed by atoms with Crippen LogP contribution >= 0.6 is 0 Å². The van der Waals surface area contributed by atoms with E-state index in [1.807, 2.05) is 0 Å². The molecule has 0 spiro atoms. The Hall–Kier alpha value is -1.19. The van der Waals surface area contributed by atoms with Crippen LogP contribution in [0.4, 0.5) is 0 Å². The Labute approximate surface area is 137 Å². The lowest BCUT2D eigenvalue weighted by Gasteiger charge is -2.41. The minimum absolute atomic E-state index is 0.176. The molecule has 0 aliphatic carbocycles. The number of nitrogens with one attached hydrogen (secondary N) is 1. The summed E-state index contributed by atoms with van der Waals surface area (Å²) >= 11 is 0. The van der Waals surface area contributed by atoms with Crippen molar-refractivity contribution in [2.45, 2.75) is 46.6 Å². The number of carbonyl (C=O) groups excluding carboxylic acids is 1. The summed E-state index contributed by atoms with van der Waals surface area (Å²) in [7, 11) is -3.88. The van der Waals surface area contributed by atoms with Crippen molar-refractivity contribution in [1.29, 1.82) is 0 Å². The molecule has 0 unspecified atom stereocenters. The van der Waals surface area contributed by atoms with Crippen molar-refractivity contribution in [3.63, 3.8) is 0 Å². The molecule has 0 aliphatic rings. The Bertz CT molecular complexity index is 527. The van der Waals surface area contributed by atoms with Crippen LogP contribution in [0.1, 0.15) is 41.0 Å². The minimum atomic E-state index is -3.88. The monoisotopic (exact) mass is 353 g/mol. The van der Waals surface area contributed by atoms with Gasteiger partial charge in [0.05, 0.1) is 12.4 Å². The molecular formula is C14H27NO7S. The molecule has 0 rings (SSSR count). The topological polar surface area (TPSA) is 130 Å². The SMILES string of the molecule is CC(=O)NCCCS(=O)(=O)OCC(C)(C)[C@@](O)(C(=O)O)C(C)C. The van der Waals surface area contributed by atoms with Gasteiger partial charge in [0, 0.05) is 18.9 Å². The summed E-state index contributed by atoms with van der Waals surface area (Å²) in [5, 5.41) is 22.2. The number of carboxylic acids is 1. The molecule has 0 aromatic carbocycles. The fourth-order valence-electron chi connectivity index (χ4n) is 2.24. The molecule has 136 valence electrons. The van der Waals surface area contributed by atoms with Crippen LogP contribution < -0.4 is 5.32 Å². The second-order valence-electron chi connectivity index (χ2n) is 6.47. The van der Waals surface area contributed by atoms with Crippen molar-refractivity contribution in [1.82, 2.24) is 5.32 Å². The molecule has 0 aromatic heterocycles. The van der Waals surface area contributed by atoms with Crippen LogP contribution in [0.5, 0.6) is 0 Å². The van der Waals surface area contributed by atoms with Crippen LogP contribution in [0.2, 0.25) is 0 Å². The van der Waals surface area contributed by atoms with E-state index in [1.165, 1.54) is 34.6 Å². The van der Waals surface area contributed by atoms with Gasteiger partial charge in [0.2, 0.25) is 5.91 Å². The van der Waals surface area contributed by atoms with Crippen LogP contribution in [-0.2, 0) is 23.9 Å². The predicted molar refractivity (Wildman–Crippen MR) is 84.2 cm³/mol. The lowest BCUT2D eigenvalue weighted by Crippen LogP contribution is -2.57. The molecule has 0 radical (unpaired) electrons. The largest absolute Gasteiger partial charge is 0.479 e. The van der Waals surface area contributed by atoms with Gasteiger partial charge in [-0.2, -0.15) is 8.42 Å². The second kappa shape index (κ2) is 8.07. The Morgan fingerprint density at radius 1 is 1.26 bits per heavy atom. The van der Waals surface area contributed by atoms with Gasteiger partial charge in [-0.3, -0.25) is 8.98 Å². The number of carbonyl (C=O) groups is 2. The van der Waals surface area contributed by atoms with Crippen LogP contribution in [0.15, 0.2) is 0 Å². The van der Waals surface area contributed by atoms with Crippen molar-refractivity contribution in [3.8, 4) is 0 Å². The summed E-state index contributed by atoms with van der Waals surface area (Å²) in [5.41, 5.74) is -3.45. The van der Waals surface area contributed by atoms with E-state index in [0.717, 1.165) is 0 Å². The summed E-state index contributed by atoms with van der Waals surface area (Å²) in [6.07, 6.45) is 0.176. The first-order chi connectivity index (χ1) is 10.3. The van der Waals surface area contributed by atoms with Gasteiger partial charge < -0.3 is 15.5 Å². The highest BCUT2D eigenvalue weighted by molar-refractivity contribution is 7.86. The first kappa shape index (κ1) is 21.8. The van der Waals surface area contributed by atoms with E-state index in [9.17, 15) is 28.2 Å².